The van der Waals surface area contributed by atoms with Gasteiger partial charge in [-0.1, -0.05) is 25.4 Å². The second kappa shape index (κ2) is 9.88. The number of ether oxygens (including phenoxy) is 1. The summed E-state index contributed by atoms with van der Waals surface area (Å²) >= 11 is 6.73. The Morgan fingerprint density at radius 2 is 1.86 bits per heavy atom. The van der Waals surface area contributed by atoms with Crippen LogP contribution in [0.1, 0.15) is 45.6 Å². The van der Waals surface area contributed by atoms with E-state index < -0.39 is 0 Å². The SMILES string of the molecule is CCC1(n2cc(Nc3cc(N4CCN(C5(C)COC5)CC4)c(Cl)cc3C=N)cn2)CC(C)(CN(C)C)C1. The van der Waals surface area contributed by atoms with Gasteiger partial charge in [-0.15, -0.1) is 0 Å². The zero-order valence-electron chi connectivity index (χ0n) is 23.0. The van der Waals surface area contributed by atoms with Crippen molar-refractivity contribution in [3.05, 3.63) is 35.1 Å². The molecular weight excluding hydrogens is 486 g/mol. The van der Waals surface area contributed by atoms with Crippen LogP contribution in [0.25, 0.3) is 0 Å². The molecule has 9 heteroatoms. The number of benzene rings is 1. The Morgan fingerprint density at radius 3 is 2.43 bits per heavy atom. The molecule has 2 N–H and O–H groups in total. The molecule has 0 atom stereocenters. The van der Waals surface area contributed by atoms with Gasteiger partial charge in [-0.25, -0.2) is 0 Å². The molecule has 1 aromatic carbocycles. The van der Waals surface area contributed by atoms with Crippen molar-refractivity contribution in [3.8, 4) is 0 Å². The van der Waals surface area contributed by atoms with Crippen molar-refractivity contribution >= 4 is 34.9 Å². The van der Waals surface area contributed by atoms with Crippen molar-refractivity contribution in [2.45, 2.75) is 51.1 Å². The van der Waals surface area contributed by atoms with E-state index in [1.807, 2.05) is 12.3 Å². The molecule has 2 saturated heterocycles. The zero-order valence-corrected chi connectivity index (χ0v) is 23.7. The van der Waals surface area contributed by atoms with Crippen molar-refractivity contribution in [2.24, 2.45) is 5.41 Å². The topological polar surface area (TPSA) is 72.6 Å². The number of rotatable bonds is 9. The van der Waals surface area contributed by atoms with Gasteiger partial charge in [0.25, 0.3) is 0 Å². The van der Waals surface area contributed by atoms with Gasteiger partial charge in [0.05, 0.1) is 46.9 Å². The first-order valence-electron chi connectivity index (χ1n) is 13.5. The average molecular weight is 528 g/mol. The fourth-order valence-electron chi connectivity index (χ4n) is 6.90. The average Bonchev–Trinajstić information content (AvgIpc) is 3.30. The van der Waals surface area contributed by atoms with E-state index in [0.29, 0.717) is 10.4 Å². The van der Waals surface area contributed by atoms with E-state index in [9.17, 15) is 0 Å². The van der Waals surface area contributed by atoms with Crippen LogP contribution in [-0.4, -0.2) is 91.4 Å². The molecule has 3 fully saturated rings. The molecule has 2 aliphatic heterocycles. The van der Waals surface area contributed by atoms with Gasteiger partial charge in [-0.2, -0.15) is 5.10 Å². The molecule has 0 amide bonds. The van der Waals surface area contributed by atoms with E-state index in [1.165, 1.54) is 6.21 Å². The molecule has 3 heterocycles. The largest absolute Gasteiger partial charge is 0.377 e. The standard InChI is InChI=1S/C28H42ClN7O/c1-6-28(16-26(2,17-28)18-33(4)5)36-15-22(14-31-36)32-24-12-25(23(29)11-21(24)13-30)34-7-9-35(10-8-34)27(3)19-37-20-27/h11-15,30,32H,6-10,16-20H2,1-5H3. The molecule has 1 saturated carbocycles. The third-order valence-electron chi connectivity index (χ3n) is 8.70. The van der Waals surface area contributed by atoms with Crippen LogP contribution in [0.2, 0.25) is 5.02 Å². The molecule has 8 nitrogen and oxygen atoms in total. The highest BCUT2D eigenvalue weighted by Gasteiger charge is 2.52. The van der Waals surface area contributed by atoms with Crippen LogP contribution < -0.4 is 10.2 Å². The summed E-state index contributed by atoms with van der Waals surface area (Å²) in [4.78, 5) is 7.18. The van der Waals surface area contributed by atoms with Crippen molar-refractivity contribution in [1.82, 2.24) is 19.6 Å². The third kappa shape index (κ3) is 5.01. The van der Waals surface area contributed by atoms with Crippen LogP contribution >= 0.6 is 11.6 Å². The normalized spacial score (nSPS) is 27.6. The summed E-state index contributed by atoms with van der Waals surface area (Å²) in [7, 11) is 4.30. The third-order valence-corrected chi connectivity index (χ3v) is 9.00. The van der Waals surface area contributed by atoms with Crippen molar-refractivity contribution in [2.75, 3.05) is 70.2 Å². The maximum atomic E-state index is 7.98. The number of hydrogen-bond donors (Lipinski definition) is 2. The second-order valence-corrected chi connectivity index (χ2v) is 12.7. The van der Waals surface area contributed by atoms with Crippen LogP contribution in [0.5, 0.6) is 0 Å². The van der Waals surface area contributed by atoms with Crippen LogP contribution in [-0.2, 0) is 10.3 Å². The molecule has 0 unspecified atom stereocenters. The summed E-state index contributed by atoms with van der Waals surface area (Å²) in [6, 6.07) is 3.99. The van der Waals surface area contributed by atoms with E-state index in [1.54, 1.807) is 0 Å². The van der Waals surface area contributed by atoms with E-state index in [-0.39, 0.29) is 11.1 Å². The van der Waals surface area contributed by atoms with E-state index in [4.69, 9.17) is 26.8 Å². The molecule has 3 aliphatic rings. The van der Waals surface area contributed by atoms with Crippen molar-refractivity contribution < 1.29 is 4.74 Å². The zero-order chi connectivity index (χ0) is 26.4. The van der Waals surface area contributed by atoms with Crippen molar-refractivity contribution in [3.63, 3.8) is 0 Å². The van der Waals surface area contributed by atoms with Gasteiger partial charge in [0.1, 0.15) is 0 Å². The maximum Gasteiger partial charge on any atom is 0.0770 e. The molecule has 202 valence electrons. The summed E-state index contributed by atoms with van der Waals surface area (Å²) in [6.45, 7) is 13.5. The minimum atomic E-state index is 0.0714. The van der Waals surface area contributed by atoms with Gasteiger partial charge < -0.3 is 25.3 Å². The summed E-state index contributed by atoms with van der Waals surface area (Å²) in [5.41, 5.74) is 4.17. The lowest BCUT2D eigenvalue weighted by atomic mass is 9.57. The van der Waals surface area contributed by atoms with E-state index in [2.05, 4.69) is 71.8 Å². The molecule has 0 spiro atoms. The lowest BCUT2D eigenvalue weighted by Crippen LogP contribution is -2.64. The maximum absolute atomic E-state index is 7.98. The van der Waals surface area contributed by atoms with E-state index >= 15 is 0 Å². The van der Waals surface area contributed by atoms with Gasteiger partial charge in [0.15, 0.2) is 0 Å². The first-order chi connectivity index (χ1) is 17.6. The lowest BCUT2D eigenvalue weighted by molar-refractivity contribution is -0.131. The van der Waals surface area contributed by atoms with Gasteiger partial charge in [-0.05, 0) is 57.8 Å². The Labute approximate surface area is 226 Å². The van der Waals surface area contributed by atoms with Gasteiger partial charge in [-0.3, -0.25) is 9.58 Å². The predicted octanol–water partition coefficient (Wildman–Crippen LogP) is 4.66. The van der Waals surface area contributed by atoms with Crippen LogP contribution in [0, 0.1) is 10.8 Å². The summed E-state index contributed by atoms with van der Waals surface area (Å²) < 4.78 is 7.64. The van der Waals surface area contributed by atoms with Crippen LogP contribution in [0.15, 0.2) is 24.5 Å². The highest BCUT2D eigenvalue weighted by Crippen LogP contribution is 2.54. The Balaban J connectivity index is 1.31. The molecule has 1 aliphatic carbocycles. The smallest absolute Gasteiger partial charge is 0.0770 e. The van der Waals surface area contributed by atoms with Gasteiger partial charge in [0.2, 0.25) is 0 Å². The number of piperazine rings is 1. The Hall–Kier alpha value is -2.13. The molecule has 2 aromatic rings. The minimum Gasteiger partial charge on any atom is -0.377 e. The number of aromatic nitrogens is 2. The highest BCUT2D eigenvalue weighted by atomic mass is 35.5. The Morgan fingerprint density at radius 1 is 1.16 bits per heavy atom. The first-order valence-corrected chi connectivity index (χ1v) is 13.9. The second-order valence-electron chi connectivity index (χ2n) is 12.3. The number of anilines is 3. The molecule has 0 bridgehead atoms. The van der Waals surface area contributed by atoms with Gasteiger partial charge >= 0.3 is 0 Å². The monoisotopic (exact) mass is 527 g/mol. The van der Waals surface area contributed by atoms with Crippen molar-refractivity contribution in [1.29, 1.82) is 5.41 Å². The number of halogens is 1. The fourth-order valence-corrected chi connectivity index (χ4v) is 7.19. The Bertz CT molecular complexity index is 1130. The fraction of sp³-hybridized carbons (Fsp3) is 0.643. The molecule has 0 radical (unpaired) electrons. The molecular formula is C28H42ClN7O. The minimum absolute atomic E-state index is 0.0714. The lowest BCUT2D eigenvalue weighted by Gasteiger charge is -2.55. The molecule has 1 aromatic heterocycles. The number of nitrogens with one attached hydrogen (secondary N) is 2. The van der Waals surface area contributed by atoms with Crippen LogP contribution in [0.4, 0.5) is 17.1 Å². The van der Waals surface area contributed by atoms with E-state index in [0.717, 1.165) is 87.8 Å². The summed E-state index contributed by atoms with van der Waals surface area (Å²) in [6.07, 6.45) is 8.71. The highest BCUT2D eigenvalue weighted by molar-refractivity contribution is 6.33. The first kappa shape index (κ1) is 26.5. The number of hydrogen-bond acceptors (Lipinski definition) is 7. The molecule has 37 heavy (non-hydrogen) atoms. The summed E-state index contributed by atoms with van der Waals surface area (Å²) in [5.74, 6) is 0. The Kier molecular flexibility index (Phi) is 7.07. The quantitative estimate of drug-likeness (QED) is 0.462. The molecule has 5 rings (SSSR count). The van der Waals surface area contributed by atoms with Crippen LogP contribution in [0.3, 0.4) is 0 Å². The van der Waals surface area contributed by atoms with Gasteiger partial charge in [0, 0.05) is 56.4 Å². The summed E-state index contributed by atoms with van der Waals surface area (Å²) in [5, 5.41) is 17.0. The predicted molar refractivity (Wildman–Crippen MR) is 152 cm³/mol. The number of nitrogens with zero attached hydrogens (tertiary/aromatic N) is 5.